The summed E-state index contributed by atoms with van der Waals surface area (Å²) in [7, 11) is 0. The van der Waals surface area contributed by atoms with Gasteiger partial charge in [-0.3, -0.25) is 0 Å². The maximum Gasteiger partial charge on any atom is 0.203 e. The third-order valence-electron chi connectivity index (χ3n) is 4.00. The minimum Gasteiger partial charge on any atom is -0.353 e. The molecule has 2 aromatic heterocycles. The van der Waals surface area contributed by atoms with Crippen LogP contribution in [0.15, 0.2) is 17.8 Å². The highest BCUT2D eigenvalue weighted by molar-refractivity contribution is 7.09. The van der Waals surface area contributed by atoms with Crippen LogP contribution in [0.1, 0.15) is 55.8 Å². The molecule has 2 heterocycles. The van der Waals surface area contributed by atoms with Gasteiger partial charge in [0, 0.05) is 23.8 Å². The Kier molecular flexibility index (Phi) is 4.05. The lowest BCUT2D eigenvalue weighted by molar-refractivity contribution is 0.562. The highest BCUT2D eigenvalue weighted by Gasteiger charge is 2.22. The quantitative estimate of drug-likeness (QED) is 0.905. The Morgan fingerprint density at radius 3 is 2.90 bits per heavy atom. The highest BCUT2D eigenvalue weighted by Crippen LogP contribution is 2.29. The molecule has 0 aromatic carbocycles. The van der Waals surface area contributed by atoms with Gasteiger partial charge in [-0.25, -0.2) is 9.97 Å². The molecule has 4 nitrogen and oxygen atoms in total. The summed E-state index contributed by atoms with van der Waals surface area (Å²) in [4.78, 5) is 9.17. The number of aromatic nitrogens is 3. The van der Waals surface area contributed by atoms with Gasteiger partial charge < -0.3 is 9.88 Å². The van der Waals surface area contributed by atoms with E-state index >= 15 is 0 Å². The van der Waals surface area contributed by atoms with Crippen molar-refractivity contribution in [2.75, 3.05) is 5.32 Å². The van der Waals surface area contributed by atoms with Gasteiger partial charge in [-0.15, -0.1) is 11.3 Å². The minimum atomic E-state index is 0.292. The molecule has 0 aliphatic heterocycles. The van der Waals surface area contributed by atoms with Crippen molar-refractivity contribution in [2.45, 2.75) is 58.0 Å². The molecule has 1 unspecified atom stereocenters. The normalized spacial score (nSPS) is 17.5. The number of rotatable bonds is 5. The van der Waals surface area contributed by atoms with E-state index in [1.165, 1.54) is 30.7 Å². The molecule has 1 fully saturated rings. The van der Waals surface area contributed by atoms with E-state index in [1.54, 1.807) is 11.3 Å². The smallest absolute Gasteiger partial charge is 0.203 e. The van der Waals surface area contributed by atoms with Crippen molar-refractivity contribution >= 4 is 17.3 Å². The van der Waals surface area contributed by atoms with Crippen LogP contribution in [-0.4, -0.2) is 20.6 Å². The van der Waals surface area contributed by atoms with Crippen molar-refractivity contribution in [1.29, 1.82) is 0 Å². The summed E-state index contributed by atoms with van der Waals surface area (Å²) < 4.78 is 2.27. The number of anilines is 1. The molecule has 1 N–H and O–H groups in total. The molecule has 0 radical (unpaired) electrons. The Morgan fingerprint density at radius 1 is 1.45 bits per heavy atom. The number of hydrogen-bond acceptors (Lipinski definition) is 4. The molecule has 0 amide bonds. The topological polar surface area (TPSA) is 42.7 Å². The Labute approximate surface area is 124 Å². The van der Waals surface area contributed by atoms with Gasteiger partial charge in [0.2, 0.25) is 5.95 Å². The minimum absolute atomic E-state index is 0.292. The van der Waals surface area contributed by atoms with Crippen molar-refractivity contribution in [3.05, 3.63) is 28.5 Å². The fraction of sp³-hybridized carbons (Fsp3) is 0.600. The van der Waals surface area contributed by atoms with Crippen LogP contribution in [0.2, 0.25) is 0 Å². The number of thiazole rings is 1. The number of hydrogen-bond donors (Lipinski definition) is 1. The van der Waals surface area contributed by atoms with E-state index in [9.17, 15) is 0 Å². The van der Waals surface area contributed by atoms with Crippen LogP contribution in [0.3, 0.4) is 0 Å². The predicted octanol–water partition coefficient (Wildman–Crippen LogP) is 4.00. The second-order valence-electron chi connectivity index (χ2n) is 5.53. The zero-order chi connectivity index (χ0) is 13.9. The molecule has 1 saturated carbocycles. The molecular weight excluding hydrogens is 268 g/mol. The number of aryl methyl sites for hydroxylation is 1. The highest BCUT2D eigenvalue weighted by atomic mass is 32.1. The standard InChI is InChI=1S/C15H22N4S/c1-3-13(14-16-8-9-20-14)19-10-11(2)17-15(19)18-12-6-4-5-7-12/h8-10,12-13H,3-7H2,1-2H3,(H,17,18). The zero-order valence-corrected chi connectivity index (χ0v) is 13.0. The van der Waals surface area contributed by atoms with E-state index < -0.39 is 0 Å². The molecule has 0 bridgehead atoms. The van der Waals surface area contributed by atoms with Crippen LogP contribution in [0.4, 0.5) is 5.95 Å². The van der Waals surface area contributed by atoms with E-state index in [0.717, 1.165) is 18.1 Å². The fourth-order valence-corrected chi connectivity index (χ4v) is 3.82. The Balaban J connectivity index is 1.87. The Bertz CT molecular complexity index is 540. The molecule has 1 aliphatic rings. The lowest BCUT2D eigenvalue weighted by atomic mass is 10.2. The average molecular weight is 290 g/mol. The van der Waals surface area contributed by atoms with Gasteiger partial charge in [-0.05, 0) is 26.2 Å². The number of nitrogens with zero attached hydrogens (tertiary/aromatic N) is 3. The average Bonchev–Trinajstić information content (AvgIpc) is 3.14. The molecule has 1 atom stereocenters. The summed E-state index contributed by atoms with van der Waals surface area (Å²) in [6.45, 7) is 4.27. The number of nitrogens with one attached hydrogen (secondary N) is 1. The van der Waals surface area contributed by atoms with Crippen LogP contribution in [0, 0.1) is 6.92 Å². The first-order valence-electron chi connectivity index (χ1n) is 7.49. The van der Waals surface area contributed by atoms with Gasteiger partial charge in [-0.2, -0.15) is 0 Å². The van der Waals surface area contributed by atoms with Crippen molar-refractivity contribution in [1.82, 2.24) is 14.5 Å². The van der Waals surface area contributed by atoms with Crippen molar-refractivity contribution in [2.24, 2.45) is 0 Å². The first-order chi connectivity index (χ1) is 9.78. The van der Waals surface area contributed by atoms with Crippen LogP contribution in [0.5, 0.6) is 0 Å². The molecule has 2 aromatic rings. The van der Waals surface area contributed by atoms with E-state index in [-0.39, 0.29) is 0 Å². The molecule has 20 heavy (non-hydrogen) atoms. The predicted molar refractivity (Wildman–Crippen MR) is 83.4 cm³/mol. The van der Waals surface area contributed by atoms with Crippen LogP contribution in [-0.2, 0) is 0 Å². The van der Waals surface area contributed by atoms with Crippen molar-refractivity contribution in [3.8, 4) is 0 Å². The summed E-state index contributed by atoms with van der Waals surface area (Å²) in [6, 6.07) is 0.879. The summed E-state index contributed by atoms with van der Waals surface area (Å²) in [5, 5.41) is 6.85. The SMILES string of the molecule is CCC(c1nccs1)n1cc(C)nc1NC1CCCC1. The van der Waals surface area contributed by atoms with E-state index in [4.69, 9.17) is 0 Å². The van der Waals surface area contributed by atoms with Gasteiger partial charge >= 0.3 is 0 Å². The van der Waals surface area contributed by atoms with Crippen molar-refractivity contribution in [3.63, 3.8) is 0 Å². The fourth-order valence-electron chi connectivity index (χ4n) is 3.00. The van der Waals surface area contributed by atoms with Gasteiger partial charge in [0.25, 0.3) is 0 Å². The summed E-state index contributed by atoms with van der Waals surface area (Å²) >= 11 is 1.72. The molecule has 5 heteroatoms. The van der Waals surface area contributed by atoms with Gasteiger partial charge in [0.05, 0.1) is 11.7 Å². The first-order valence-corrected chi connectivity index (χ1v) is 8.37. The lowest BCUT2D eigenvalue weighted by Crippen LogP contribution is -2.20. The third kappa shape index (κ3) is 2.73. The summed E-state index contributed by atoms with van der Waals surface area (Å²) in [5.74, 6) is 1.01. The van der Waals surface area contributed by atoms with Crippen LogP contribution >= 0.6 is 11.3 Å². The zero-order valence-electron chi connectivity index (χ0n) is 12.2. The van der Waals surface area contributed by atoms with E-state index in [0.29, 0.717) is 12.1 Å². The first kappa shape index (κ1) is 13.6. The van der Waals surface area contributed by atoms with Gasteiger partial charge in [0.1, 0.15) is 5.01 Å². The van der Waals surface area contributed by atoms with Gasteiger partial charge in [0.15, 0.2) is 0 Å². The molecule has 108 valence electrons. The molecular formula is C15H22N4S. The van der Waals surface area contributed by atoms with E-state index in [1.807, 2.05) is 11.6 Å². The summed E-state index contributed by atoms with van der Waals surface area (Å²) in [5.41, 5.74) is 1.07. The number of imidazole rings is 1. The molecule has 0 spiro atoms. The second-order valence-corrected chi connectivity index (χ2v) is 6.46. The summed E-state index contributed by atoms with van der Waals surface area (Å²) in [6.07, 6.45) is 10.3. The molecule has 1 aliphatic carbocycles. The maximum atomic E-state index is 4.68. The van der Waals surface area contributed by atoms with Gasteiger partial charge in [-0.1, -0.05) is 19.8 Å². The Morgan fingerprint density at radius 2 is 2.25 bits per heavy atom. The maximum absolute atomic E-state index is 4.68. The van der Waals surface area contributed by atoms with Crippen LogP contribution < -0.4 is 5.32 Å². The van der Waals surface area contributed by atoms with Crippen molar-refractivity contribution < 1.29 is 0 Å². The lowest BCUT2D eigenvalue weighted by Gasteiger charge is -2.20. The molecule has 3 rings (SSSR count). The molecule has 0 saturated heterocycles. The Hall–Kier alpha value is -1.36. The monoisotopic (exact) mass is 290 g/mol. The third-order valence-corrected chi connectivity index (χ3v) is 4.88. The van der Waals surface area contributed by atoms with Crippen LogP contribution in [0.25, 0.3) is 0 Å². The largest absolute Gasteiger partial charge is 0.353 e. The second kappa shape index (κ2) is 5.95. The van der Waals surface area contributed by atoms with E-state index in [2.05, 4.69) is 39.9 Å².